The molecule has 1 N–H and O–H groups in total. The van der Waals surface area contributed by atoms with Crippen molar-refractivity contribution in [1.82, 2.24) is 19.7 Å². The summed E-state index contributed by atoms with van der Waals surface area (Å²) in [7, 11) is 0. The number of thiazole rings is 2. The average Bonchev–Trinajstić information content (AvgIpc) is 3.28. The van der Waals surface area contributed by atoms with Crippen molar-refractivity contribution in [3.63, 3.8) is 0 Å². The molecule has 0 spiro atoms. The minimum absolute atomic E-state index is 0.0920. The highest BCUT2D eigenvalue weighted by Gasteiger charge is 2.16. The van der Waals surface area contributed by atoms with Gasteiger partial charge >= 0.3 is 0 Å². The minimum atomic E-state index is -0.0920. The first-order valence-corrected chi connectivity index (χ1v) is 9.58. The molecule has 5 nitrogen and oxygen atoms in total. The van der Waals surface area contributed by atoms with E-state index in [1.165, 1.54) is 16.9 Å². The van der Waals surface area contributed by atoms with Gasteiger partial charge in [-0.3, -0.25) is 9.20 Å². The van der Waals surface area contributed by atoms with Crippen molar-refractivity contribution >= 4 is 33.5 Å². The Labute approximate surface area is 153 Å². The molecule has 1 amide bonds. The normalized spacial score (nSPS) is 11.1. The molecule has 3 heterocycles. The molecule has 0 saturated carbocycles. The van der Waals surface area contributed by atoms with E-state index in [9.17, 15) is 4.79 Å². The van der Waals surface area contributed by atoms with Crippen molar-refractivity contribution in [3.05, 3.63) is 74.9 Å². The number of nitrogens with one attached hydrogen (secondary N) is 1. The van der Waals surface area contributed by atoms with Gasteiger partial charge in [0.05, 0.1) is 22.9 Å². The number of carbonyl (C=O) groups excluding carboxylic acids is 1. The average molecular weight is 368 g/mol. The zero-order valence-corrected chi connectivity index (χ0v) is 15.2. The number of hydrogen-bond acceptors (Lipinski definition) is 5. The smallest absolute Gasteiger partial charge is 0.263 e. The molecule has 126 valence electrons. The maximum atomic E-state index is 12.5. The van der Waals surface area contributed by atoms with Crippen LogP contribution in [0.3, 0.4) is 0 Å². The molecule has 0 unspecified atom stereocenters. The lowest BCUT2D eigenvalue weighted by Gasteiger charge is -2.01. The molecule has 3 aromatic heterocycles. The summed E-state index contributed by atoms with van der Waals surface area (Å²) in [5.41, 5.74) is 2.83. The van der Waals surface area contributed by atoms with E-state index in [0.717, 1.165) is 27.8 Å². The number of benzene rings is 1. The fourth-order valence-corrected chi connectivity index (χ4v) is 4.36. The number of imidazole rings is 1. The van der Waals surface area contributed by atoms with Crippen molar-refractivity contribution in [3.8, 4) is 0 Å². The highest BCUT2D eigenvalue weighted by atomic mass is 32.1. The maximum Gasteiger partial charge on any atom is 0.263 e. The summed E-state index contributed by atoms with van der Waals surface area (Å²) in [4.78, 5) is 23.1. The molecule has 0 radical (unpaired) electrons. The molecule has 4 rings (SSSR count). The molecule has 0 fully saturated rings. The van der Waals surface area contributed by atoms with E-state index in [1.807, 2.05) is 47.3 Å². The first-order chi connectivity index (χ1) is 12.2. The Hall–Kier alpha value is -2.51. The number of aryl methyl sites for hydroxylation is 1. The summed E-state index contributed by atoms with van der Waals surface area (Å²) in [6, 6.07) is 10.2. The molecular weight excluding hydrogens is 352 g/mol. The van der Waals surface area contributed by atoms with E-state index in [2.05, 4.69) is 27.4 Å². The molecule has 1 aromatic carbocycles. The largest absolute Gasteiger partial charge is 0.346 e. The zero-order valence-electron chi connectivity index (χ0n) is 13.6. The molecular formula is C18H16N4OS2. The van der Waals surface area contributed by atoms with Gasteiger partial charge in [0.15, 0.2) is 4.96 Å². The lowest BCUT2D eigenvalue weighted by atomic mass is 10.2. The minimum Gasteiger partial charge on any atom is -0.346 e. The SMILES string of the molecule is Cc1nc(Cc2ccccc2)sc1C(=O)NCc1cn2ccsc2n1. The predicted molar refractivity (Wildman–Crippen MR) is 100 cm³/mol. The number of rotatable bonds is 5. The Morgan fingerprint density at radius 2 is 2.08 bits per heavy atom. The molecule has 0 saturated heterocycles. The van der Waals surface area contributed by atoms with E-state index in [0.29, 0.717) is 11.4 Å². The van der Waals surface area contributed by atoms with Crippen LogP contribution in [0.15, 0.2) is 48.1 Å². The number of carbonyl (C=O) groups is 1. The molecule has 4 aromatic rings. The second kappa shape index (κ2) is 6.78. The standard InChI is InChI=1S/C18H16N4OS2/c1-12-16(25-15(20-12)9-13-5-3-2-4-6-13)17(23)19-10-14-11-22-7-8-24-18(22)21-14/h2-8,11H,9-10H2,1H3,(H,19,23). The first-order valence-electron chi connectivity index (χ1n) is 7.88. The van der Waals surface area contributed by atoms with E-state index in [4.69, 9.17) is 0 Å². The molecule has 0 aliphatic rings. The Kier molecular flexibility index (Phi) is 4.33. The van der Waals surface area contributed by atoms with Crippen LogP contribution in [-0.2, 0) is 13.0 Å². The third kappa shape index (κ3) is 3.47. The summed E-state index contributed by atoms with van der Waals surface area (Å²) >= 11 is 3.03. The van der Waals surface area contributed by atoms with Gasteiger partial charge in [0.2, 0.25) is 0 Å². The summed E-state index contributed by atoms with van der Waals surface area (Å²) in [6.45, 7) is 2.30. The van der Waals surface area contributed by atoms with E-state index < -0.39 is 0 Å². The van der Waals surface area contributed by atoms with Crippen LogP contribution < -0.4 is 5.32 Å². The van der Waals surface area contributed by atoms with Crippen LogP contribution in [-0.4, -0.2) is 20.3 Å². The van der Waals surface area contributed by atoms with Gasteiger partial charge < -0.3 is 5.32 Å². The number of aromatic nitrogens is 3. The number of hydrogen-bond donors (Lipinski definition) is 1. The number of fused-ring (bicyclic) bond motifs is 1. The summed E-state index contributed by atoms with van der Waals surface area (Å²) in [6.07, 6.45) is 4.64. The van der Waals surface area contributed by atoms with Crippen LogP contribution in [0.25, 0.3) is 4.96 Å². The van der Waals surface area contributed by atoms with Crippen LogP contribution in [0, 0.1) is 6.92 Å². The van der Waals surface area contributed by atoms with Crippen molar-refractivity contribution in [2.24, 2.45) is 0 Å². The molecule has 25 heavy (non-hydrogen) atoms. The van der Waals surface area contributed by atoms with Crippen molar-refractivity contribution in [2.75, 3.05) is 0 Å². The van der Waals surface area contributed by atoms with Crippen LogP contribution >= 0.6 is 22.7 Å². The maximum absolute atomic E-state index is 12.5. The predicted octanol–water partition coefficient (Wildman–Crippen LogP) is 3.68. The molecule has 0 atom stereocenters. The quantitative estimate of drug-likeness (QED) is 0.584. The van der Waals surface area contributed by atoms with Crippen molar-refractivity contribution < 1.29 is 4.79 Å². The fraction of sp³-hybridized carbons (Fsp3) is 0.167. The van der Waals surface area contributed by atoms with Gasteiger partial charge in [0.25, 0.3) is 5.91 Å². The number of nitrogens with zero attached hydrogens (tertiary/aromatic N) is 3. The summed E-state index contributed by atoms with van der Waals surface area (Å²) < 4.78 is 1.96. The van der Waals surface area contributed by atoms with Gasteiger partial charge in [-0.05, 0) is 12.5 Å². The van der Waals surface area contributed by atoms with Crippen molar-refractivity contribution in [2.45, 2.75) is 19.9 Å². The lowest BCUT2D eigenvalue weighted by Crippen LogP contribution is -2.22. The molecule has 0 bridgehead atoms. The van der Waals surface area contributed by atoms with Gasteiger partial charge in [-0.25, -0.2) is 9.97 Å². The van der Waals surface area contributed by atoms with E-state index in [1.54, 1.807) is 11.3 Å². The zero-order chi connectivity index (χ0) is 17.2. The second-order valence-corrected chi connectivity index (χ2v) is 7.65. The number of amides is 1. The van der Waals surface area contributed by atoms with Gasteiger partial charge in [-0.2, -0.15) is 0 Å². The highest BCUT2D eigenvalue weighted by molar-refractivity contribution is 7.15. The van der Waals surface area contributed by atoms with Crippen LogP contribution in [0.5, 0.6) is 0 Å². The molecule has 0 aliphatic carbocycles. The Morgan fingerprint density at radius 3 is 2.88 bits per heavy atom. The van der Waals surface area contributed by atoms with Crippen LogP contribution in [0.4, 0.5) is 0 Å². The van der Waals surface area contributed by atoms with Crippen molar-refractivity contribution in [1.29, 1.82) is 0 Å². The lowest BCUT2D eigenvalue weighted by molar-refractivity contribution is 0.0953. The Bertz CT molecular complexity index is 988. The summed E-state index contributed by atoms with van der Waals surface area (Å²) in [5, 5.41) is 5.89. The Morgan fingerprint density at radius 1 is 1.24 bits per heavy atom. The fourth-order valence-electron chi connectivity index (χ4n) is 2.62. The second-order valence-electron chi connectivity index (χ2n) is 5.69. The van der Waals surface area contributed by atoms with Gasteiger partial charge in [0.1, 0.15) is 4.88 Å². The molecule has 0 aliphatic heterocycles. The highest BCUT2D eigenvalue weighted by Crippen LogP contribution is 2.21. The Balaban J connectivity index is 1.43. The third-order valence-corrected chi connectivity index (χ3v) is 5.75. The van der Waals surface area contributed by atoms with Gasteiger partial charge in [0, 0.05) is 24.2 Å². The first kappa shape index (κ1) is 16.0. The monoisotopic (exact) mass is 368 g/mol. The van der Waals surface area contributed by atoms with E-state index >= 15 is 0 Å². The van der Waals surface area contributed by atoms with E-state index in [-0.39, 0.29) is 5.91 Å². The van der Waals surface area contributed by atoms with Gasteiger partial charge in [-0.1, -0.05) is 30.3 Å². The topological polar surface area (TPSA) is 59.3 Å². The third-order valence-electron chi connectivity index (χ3n) is 3.82. The summed E-state index contributed by atoms with van der Waals surface area (Å²) in [5.74, 6) is -0.0920. The van der Waals surface area contributed by atoms with Crippen LogP contribution in [0.1, 0.15) is 31.6 Å². The van der Waals surface area contributed by atoms with Crippen LogP contribution in [0.2, 0.25) is 0 Å². The van der Waals surface area contributed by atoms with Gasteiger partial charge in [-0.15, -0.1) is 22.7 Å². The molecule has 7 heteroatoms.